The zero-order chi connectivity index (χ0) is 20.1. The Labute approximate surface area is 169 Å². The van der Waals surface area contributed by atoms with Gasteiger partial charge in [-0.15, -0.1) is 4.18 Å². The van der Waals surface area contributed by atoms with E-state index < -0.39 is 10.4 Å². The fourth-order valence-corrected chi connectivity index (χ4v) is 4.98. The Morgan fingerprint density at radius 3 is 2.46 bits per heavy atom. The summed E-state index contributed by atoms with van der Waals surface area (Å²) in [7, 11) is 0.479. The van der Waals surface area contributed by atoms with Gasteiger partial charge in [0, 0.05) is 33.2 Å². The molecule has 8 heteroatoms. The molecule has 28 heavy (non-hydrogen) atoms. The normalized spacial score (nSPS) is 17.4. The van der Waals surface area contributed by atoms with Crippen molar-refractivity contribution in [1.82, 2.24) is 20.0 Å². The van der Waals surface area contributed by atoms with Crippen LogP contribution in [0.5, 0.6) is 0 Å². The van der Waals surface area contributed by atoms with E-state index in [2.05, 4.69) is 32.2 Å². The first kappa shape index (κ1) is 21.0. The molecule has 1 fully saturated rings. The number of aryl methyl sites for hydroxylation is 3. The van der Waals surface area contributed by atoms with E-state index in [9.17, 15) is 4.21 Å². The van der Waals surface area contributed by atoms with Crippen molar-refractivity contribution in [2.45, 2.75) is 31.6 Å². The van der Waals surface area contributed by atoms with Gasteiger partial charge in [0.15, 0.2) is 0 Å². The Morgan fingerprint density at radius 1 is 1.21 bits per heavy atom. The molecule has 1 aliphatic heterocycles. The van der Waals surface area contributed by atoms with Crippen molar-refractivity contribution in [2.24, 2.45) is 7.05 Å². The number of rotatable bonds is 8. The average Bonchev–Trinajstić information content (AvgIpc) is 2.95. The molecule has 1 aliphatic rings. The van der Waals surface area contributed by atoms with Crippen LogP contribution < -0.4 is 10.0 Å². The number of nitrogens with one attached hydrogen (secondary N) is 2. The van der Waals surface area contributed by atoms with Gasteiger partial charge in [-0.05, 0) is 55.1 Å². The SMILES string of the molecule is CO[S+](=O)(Nc1c(C)nn(C)c1C)c1ccc(CCCN2CCNCC2)cc1. The molecular formula is C20H32N5O2S+. The van der Waals surface area contributed by atoms with Gasteiger partial charge < -0.3 is 10.2 Å². The van der Waals surface area contributed by atoms with E-state index >= 15 is 0 Å². The lowest BCUT2D eigenvalue weighted by Crippen LogP contribution is -2.43. The molecular weight excluding hydrogens is 374 g/mol. The Bertz CT molecular complexity index is 828. The summed E-state index contributed by atoms with van der Waals surface area (Å²) in [6.07, 6.45) is 2.15. The Morgan fingerprint density at radius 2 is 1.89 bits per heavy atom. The first-order valence-corrected chi connectivity index (χ1v) is 11.3. The third-order valence-electron chi connectivity index (χ3n) is 5.36. The molecule has 0 radical (unpaired) electrons. The van der Waals surface area contributed by atoms with Crippen LogP contribution in [0.25, 0.3) is 0 Å². The van der Waals surface area contributed by atoms with Crippen molar-refractivity contribution in [3.8, 4) is 0 Å². The molecule has 2 heterocycles. The second-order valence-corrected chi connectivity index (χ2v) is 9.30. The number of hydrogen-bond acceptors (Lipinski definition) is 5. The van der Waals surface area contributed by atoms with Crippen molar-refractivity contribution < 1.29 is 8.39 Å². The van der Waals surface area contributed by atoms with Crippen molar-refractivity contribution in [3.05, 3.63) is 41.2 Å². The maximum atomic E-state index is 13.4. The lowest BCUT2D eigenvalue weighted by molar-refractivity contribution is 0.238. The van der Waals surface area contributed by atoms with Crippen molar-refractivity contribution in [2.75, 3.05) is 44.6 Å². The second-order valence-electron chi connectivity index (χ2n) is 7.28. The number of anilines is 1. The molecule has 0 amide bonds. The molecule has 1 aromatic carbocycles. The summed E-state index contributed by atoms with van der Waals surface area (Å²) in [6.45, 7) is 9.40. The highest BCUT2D eigenvalue weighted by atomic mass is 32.3. The first-order chi connectivity index (χ1) is 13.4. The smallest absolute Gasteiger partial charge is 0.314 e. The Kier molecular flexibility index (Phi) is 6.87. The molecule has 0 bridgehead atoms. The van der Waals surface area contributed by atoms with E-state index in [1.54, 1.807) is 4.68 Å². The average molecular weight is 407 g/mol. The van der Waals surface area contributed by atoms with E-state index in [4.69, 9.17) is 4.18 Å². The summed E-state index contributed by atoms with van der Waals surface area (Å²) in [5.41, 5.74) is 3.74. The molecule has 1 saturated heterocycles. The van der Waals surface area contributed by atoms with Crippen LogP contribution in [0.15, 0.2) is 29.2 Å². The summed E-state index contributed by atoms with van der Waals surface area (Å²) in [4.78, 5) is 3.15. The predicted molar refractivity (Wildman–Crippen MR) is 114 cm³/mol. The molecule has 0 aliphatic carbocycles. The van der Waals surface area contributed by atoms with Gasteiger partial charge in [-0.3, -0.25) is 4.68 Å². The Hall–Kier alpha value is -1.74. The highest BCUT2D eigenvalue weighted by Gasteiger charge is 2.35. The number of benzene rings is 1. The molecule has 154 valence electrons. The number of aromatic nitrogens is 2. The van der Waals surface area contributed by atoms with Crippen molar-refractivity contribution in [3.63, 3.8) is 0 Å². The van der Waals surface area contributed by atoms with Gasteiger partial charge in [-0.2, -0.15) is 9.82 Å². The van der Waals surface area contributed by atoms with E-state index in [-0.39, 0.29) is 0 Å². The van der Waals surface area contributed by atoms with Crippen LogP contribution in [-0.4, -0.2) is 54.5 Å². The monoisotopic (exact) mass is 406 g/mol. The van der Waals surface area contributed by atoms with Gasteiger partial charge in [0.25, 0.3) is 0 Å². The van der Waals surface area contributed by atoms with Gasteiger partial charge in [0.2, 0.25) is 4.90 Å². The lowest BCUT2D eigenvalue weighted by Gasteiger charge is -2.27. The number of piperazine rings is 1. The maximum absolute atomic E-state index is 13.4. The minimum Gasteiger partial charge on any atom is -0.314 e. The zero-order valence-electron chi connectivity index (χ0n) is 17.3. The molecule has 0 spiro atoms. The maximum Gasteiger partial charge on any atom is 0.348 e. The summed E-state index contributed by atoms with van der Waals surface area (Å²) < 4.78 is 23.7. The fraction of sp³-hybridized carbons (Fsp3) is 0.550. The van der Waals surface area contributed by atoms with Gasteiger partial charge in [-0.1, -0.05) is 12.1 Å². The molecule has 1 unspecified atom stereocenters. The van der Waals surface area contributed by atoms with Crippen LogP contribution in [0.4, 0.5) is 5.69 Å². The molecule has 7 nitrogen and oxygen atoms in total. The van der Waals surface area contributed by atoms with Crippen LogP contribution >= 0.6 is 0 Å². The fourth-order valence-electron chi connectivity index (χ4n) is 3.53. The standard InChI is InChI=1S/C20H32N5O2S/c1-16-20(17(2)24(3)22-16)23-28(26,27-4)19-9-7-18(8-10-19)6-5-13-25-14-11-21-12-15-25/h7-10,21H,5-6,11-15H2,1-4H3,(H,23,26)/q+1. The highest BCUT2D eigenvalue weighted by molar-refractivity contribution is 7.99. The van der Waals surface area contributed by atoms with Crippen LogP contribution in [0.3, 0.4) is 0 Å². The molecule has 3 rings (SSSR count). The van der Waals surface area contributed by atoms with Crippen LogP contribution in [0.2, 0.25) is 0 Å². The summed E-state index contributed by atoms with van der Waals surface area (Å²) in [5.74, 6) is 0. The number of nitrogens with zero attached hydrogens (tertiary/aromatic N) is 3. The van der Waals surface area contributed by atoms with Crippen molar-refractivity contribution in [1.29, 1.82) is 0 Å². The van der Waals surface area contributed by atoms with Gasteiger partial charge in [-0.25, -0.2) is 0 Å². The largest absolute Gasteiger partial charge is 0.348 e. The Balaban J connectivity index is 1.63. The zero-order valence-corrected chi connectivity index (χ0v) is 18.1. The quantitative estimate of drug-likeness (QED) is 0.659. The van der Waals surface area contributed by atoms with Gasteiger partial charge in [0.05, 0.1) is 18.5 Å². The summed E-state index contributed by atoms with van der Waals surface area (Å²) >= 11 is 0. The topological polar surface area (TPSA) is 71.4 Å². The van der Waals surface area contributed by atoms with Crippen LogP contribution in [0.1, 0.15) is 23.4 Å². The molecule has 2 aromatic rings. The van der Waals surface area contributed by atoms with E-state index in [0.717, 1.165) is 62.6 Å². The predicted octanol–water partition coefficient (Wildman–Crippen LogP) is 2.32. The first-order valence-electron chi connectivity index (χ1n) is 9.82. The van der Waals surface area contributed by atoms with E-state index in [1.807, 2.05) is 33.0 Å². The number of hydrogen-bond donors (Lipinski definition) is 2. The minimum atomic E-state index is -2.86. The molecule has 2 N–H and O–H groups in total. The molecule has 1 atom stereocenters. The molecule has 0 saturated carbocycles. The second kappa shape index (κ2) is 9.17. The lowest BCUT2D eigenvalue weighted by atomic mass is 10.1. The molecule has 1 aromatic heterocycles. The third kappa shape index (κ3) is 4.81. The van der Waals surface area contributed by atoms with Gasteiger partial charge >= 0.3 is 10.4 Å². The van der Waals surface area contributed by atoms with E-state index in [1.165, 1.54) is 12.7 Å². The minimum absolute atomic E-state index is 0.642. The van der Waals surface area contributed by atoms with Crippen LogP contribution in [-0.2, 0) is 32.3 Å². The third-order valence-corrected chi connectivity index (χ3v) is 7.20. The highest BCUT2D eigenvalue weighted by Crippen LogP contribution is 2.28. The summed E-state index contributed by atoms with van der Waals surface area (Å²) in [6, 6.07) is 7.91. The van der Waals surface area contributed by atoms with E-state index in [0.29, 0.717) is 4.90 Å². The summed E-state index contributed by atoms with van der Waals surface area (Å²) in [5, 5.41) is 7.76. The van der Waals surface area contributed by atoms with Crippen molar-refractivity contribution >= 4 is 16.1 Å². The van der Waals surface area contributed by atoms with Gasteiger partial charge in [0.1, 0.15) is 5.69 Å². The van der Waals surface area contributed by atoms with Crippen LogP contribution in [0, 0.1) is 13.8 Å².